The third-order valence-corrected chi connectivity index (χ3v) is 6.29. The van der Waals surface area contributed by atoms with Crippen molar-refractivity contribution in [1.29, 1.82) is 0 Å². The number of alkyl halides is 2. The molecule has 186 valence electrons. The van der Waals surface area contributed by atoms with Crippen LogP contribution in [-0.2, 0) is 4.79 Å². The van der Waals surface area contributed by atoms with E-state index in [1.54, 1.807) is 19.1 Å². The minimum absolute atomic E-state index is 0.0636. The normalized spacial score (nSPS) is 16.7. The van der Waals surface area contributed by atoms with E-state index in [0.717, 1.165) is 11.1 Å². The van der Waals surface area contributed by atoms with Gasteiger partial charge in [-0.3, -0.25) is 14.6 Å². The van der Waals surface area contributed by atoms with Crippen molar-refractivity contribution >= 4 is 11.6 Å². The molecule has 1 aliphatic rings. The first-order chi connectivity index (χ1) is 16.8. The number of amides is 1. The molecule has 1 saturated heterocycles. The molecule has 3 aromatic rings. The van der Waals surface area contributed by atoms with Crippen molar-refractivity contribution in [2.75, 3.05) is 31.5 Å². The predicted molar refractivity (Wildman–Crippen MR) is 127 cm³/mol. The Morgan fingerprint density at radius 3 is 2.37 bits per heavy atom. The van der Waals surface area contributed by atoms with Crippen molar-refractivity contribution < 1.29 is 22.8 Å². The summed E-state index contributed by atoms with van der Waals surface area (Å²) in [7, 11) is 0. The summed E-state index contributed by atoms with van der Waals surface area (Å²) in [5.41, 5.74) is 2.29. The predicted octanol–water partition coefficient (Wildman–Crippen LogP) is 4.35. The van der Waals surface area contributed by atoms with E-state index < -0.39 is 12.7 Å². The Hall–Kier alpha value is -3.37. The lowest BCUT2D eigenvalue weighted by Crippen LogP contribution is -2.53. The zero-order chi connectivity index (χ0) is 24.9. The van der Waals surface area contributed by atoms with Crippen LogP contribution in [0, 0.1) is 6.92 Å². The molecule has 2 heterocycles. The summed E-state index contributed by atoms with van der Waals surface area (Å²) >= 11 is 0. The van der Waals surface area contributed by atoms with Crippen molar-refractivity contribution in [3.63, 3.8) is 0 Å². The van der Waals surface area contributed by atoms with Gasteiger partial charge in [0.15, 0.2) is 0 Å². The van der Waals surface area contributed by atoms with Crippen LogP contribution in [0.2, 0.25) is 0 Å². The number of anilines is 1. The fraction of sp³-hybridized carbons (Fsp3) is 0.400. The third kappa shape index (κ3) is 6.01. The van der Waals surface area contributed by atoms with Gasteiger partial charge in [-0.15, -0.1) is 0 Å². The zero-order valence-corrected chi connectivity index (χ0v) is 19.9. The van der Waals surface area contributed by atoms with Crippen LogP contribution in [0.1, 0.15) is 31.3 Å². The lowest BCUT2D eigenvalue weighted by Gasteiger charge is -2.39. The number of benzene rings is 2. The molecule has 8 nitrogen and oxygen atoms in total. The number of halogens is 2. The first-order valence-corrected chi connectivity index (χ1v) is 11.5. The number of para-hydroxylation sites is 2. The van der Waals surface area contributed by atoms with Gasteiger partial charge < -0.3 is 14.6 Å². The van der Waals surface area contributed by atoms with Crippen LogP contribution < -0.4 is 10.1 Å². The number of rotatable bonds is 8. The lowest BCUT2D eigenvalue weighted by molar-refractivity contribution is -0.121. The van der Waals surface area contributed by atoms with E-state index in [1.807, 2.05) is 38.1 Å². The second-order valence-electron chi connectivity index (χ2n) is 8.61. The SMILES string of the molecule is Cc1ccc(-c2noc(C(C)N3CCN(C(C)C(=O)Nc4ccccc4OC(F)F)CC3)n2)cc1. The Kier molecular flexibility index (Phi) is 7.72. The van der Waals surface area contributed by atoms with E-state index in [4.69, 9.17) is 4.52 Å². The number of nitrogens with one attached hydrogen (secondary N) is 1. The van der Waals surface area contributed by atoms with Crippen LogP contribution >= 0.6 is 0 Å². The summed E-state index contributed by atoms with van der Waals surface area (Å²) in [6.07, 6.45) is 0. The molecule has 1 aromatic heterocycles. The van der Waals surface area contributed by atoms with E-state index in [9.17, 15) is 13.6 Å². The van der Waals surface area contributed by atoms with Crippen LogP contribution in [0.15, 0.2) is 53.1 Å². The smallest absolute Gasteiger partial charge is 0.387 e. The molecule has 0 bridgehead atoms. The molecule has 0 aliphatic carbocycles. The van der Waals surface area contributed by atoms with E-state index in [-0.39, 0.29) is 23.4 Å². The van der Waals surface area contributed by atoms with Gasteiger partial charge in [-0.05, 0) is 32.9 Å². The number of aryl methyl sites for hydroxylation is 1. The average molecular weight is 486 g/mol. The summed E-state index contributed by atoms with van der Waals surface area (Å²) in [6, 6.07) is 13.6. The number of piperazine rings is 1. The Bertz CT molecular complexity index is 1130. The first-order valence-electron chi connectivity index (χ1n) is 11.5. The maximum Gasteiger partial charge on any atom is 0.387 e. The number of aromatic nitrogens is 2. The van der Waals surface area contributed by atoms with Crippen molar-refractivity contribution in [2.45, 2.75) is 39.5 Å². The van der Waals surface area contributed by atoms with Crippen LogP contribution in [0.5, 0.6) is 5.75 Å². The van der Waals surface area contributed by atoms with E-state index in [0.29, 0.717) is 37.9 Å². The monoisotopic (exact) mass is 485 g/mol. The highest BCUT2D eigenvalue weighted by molar-refractivity contribution is 5.95. The summed E-state index contributed by atoms with van der Waals surface area (Å²) in [4.78, 5) is 21.7. The Morgan fingerprint density at radius 2 is 1.69 bits per heavy atom. The van der Waals surface area contributed by atoms with Gasteiger partial charge in [-0.2, -0.15) is 13.8 Å². The first kappa shape index (κ1) is 24.7. The molecule has 1 N–H and O–H groups in total. The van der Waals surface area contributed by atoms with Crippen molar-refractivity contribution in [1.82, 2.24) is 19.9 Å². The Morgan fingerprint density at radius 1 is 1.03 bits per heavy atom. The highest BCUT2D eigenvalue weighted by Gasteiger charge is 2.30. The van der Waals surface area contributed by atoms with Crippen LogP contribution in [0.4, 0.5) is 14.5 Å². The van der Waals surface area contributed by atoms with Gasteiger partial charge in [0, 0.05) is 31.7 Å². The maximum absolute atomic E-state index is 12.8. The molecule has 2 atom stereocenters. The molecule has 0 spiro atoms. The highest BCUT2D eigenvalue weighted by atomic mass is 19.3. The molecule has 1 fully saturated rings. The average Bonchev–Trinajstić information content (AvgIpc) is 3.35. The van der Waals surface area contributed by atoms with E-state index in [1.165, 1.54) is 12.1 Å². The quantitative estimate of drug-likeness (QED) is 0.508. The molecule has 0 saturated carbocycles. The minimum atomic E-state index is -2.97. The number of ether oxygens (including phenoxy) is 1. The Balaban J connectivity index is 1.32. The molecule has 1 amide bonds. The van der Waals surface area contributed by atoms with E-state index >= 15 is 0 Å². The second-order valence-corrected chi connectivity index (χ2v) is 8.61. The van der Waals surface area contributed by atoms with E-state index in [2.05, 4.69) is 30.0 Å². The van der Waals surface area contributed by atoms with Gasteiger partial charge in [0.05, 0.1) is 17.8 Å². The summed E-state index contributed by atoms with van der Waals surface area (Å²) in [5.74, 6) is 0.769. The number of hydrogen-bond acceptors (Lipinski definition) is 7. The number of hydrogen-bond donors (Lipinski definition) is 1. The van der Waals surface area contributed by atoms with Gasteiger partial charge in [-0.25, -0.2) is 0 Å². The van der Waals surface area contributed by atoms with Gasteiger partial charge >= 0.3 is 6.61 Å². The van der Waals surface area contributed by atoms with Crippen molar-refractivity contribution in [3.05, 3.63) is 60.0 Å². The van der Waals surface area contributed by atoms with Gasteiger partial charge in [0.25, 0.3) is 0 Å². The topological polar surface area (TPSA) is 83.7 Å². The summed E-state index contributed by atoms with van der Waals surface area (Å²) in [5, 5.41) is 6.84. The lowest BCUT2D eigenvalue weighted by atomic mass is 10.1. The largest absolute Gasteiger partial charge is 0.433 e. The maximum atomic E-state index is 12.8. The molecule has 0 radical (unpaired) electrons. The van der Waals surface area contributed by atoms with Crippen molar-refractivity contribution in [2.24, 2.45) is 0 Å². The molecular formula is C25H29F2N5O3. The third-order valence-electron chi connectivity index (χ3n) is 6.29. The van der Waals surface area contributed by atoms with Gasteiger partial charge in [-0.1, -0.05) is 47.1 Å². The van der Waals surface area contributed by atoms with Gasteiger partial charge in [0.1, 0.15) is 5.75 Å². The summed E-state index contributed by atoms with van der Waals surface area (Å²) in [6.45, 7) is 5.64. The fourth-order valence-corrected chi connectivity index (χ4v) is 4.06. The Labute approximate surface area is 202 Å². The minimum Gasteiger partial charge on any atom is -0.433 e. The molecule has 1 aliphatic heterocycles. The molecular weight excluding hydrogens is 456 g/mol. The van der Waals surface area contributed by atoms with Gasteiger partial charge in [0.2, 0.25) is 17.6 Å². The van der Waals surface area contributed by atoms with Crippen LogP contribution in [0.25, 0.3) is 11.4 Å². The zero-order valence-electron chi connectivity index (χ0n) is 19.9. The molecule has 10 heteroatoms. The summed E-state index contributed by atoms with van der Waals surface area (Å²) < 4.78 is 35.3. The van der Waals surface area contributed by atoms with Crippen molar-refractivity contribution in [3.8, 4) is 17.1 Å². The number of carbonyl (C=O) groups excluding carboxylic acids is 1. The fourth-order valence-electron chi connectivity index (χ4n) is 4.06. The second kappa shape index (κ2) is 10.9. The number of carbonyl (C=O) groups is 1. The molecule has 4 rings (SSSR count). The van der Waals surface area contributed by atoms with Crippen LogP contribution in [0.3, 0.4) is 0 Å². The number of nitrogens with zero attached hydrogens (tertiary/aromatic N) is 4. The molecule has 2 unspecified atom stereocenters. The molecule has 35 heavy (non-hydrogen) atoms. The molecule has 2 aromatic carbocycles. The highest BCUT2D eigenvalue weighted by Crippen LogP contribution is 2.27. The van der Waals surface area contributed by atoms with Crippen LogP contribution in [-0.4, -0.2) is 64.7 Å². The standard InChI is InChI=1S/C25H29F2N5O3/c1-16-8-10-19(11-9-16)22-29-24(35-30-22)18(3)32-14-12-31(13-15-32)17(2)23(33)28-20-6-4-5-7-21(20)34-25(26)27/h4-11,17-18,25H,12-15H2,1-3H3,(H,28,33).